The zero-order chi connectivity index (χ0) is 81.1. The molecule has 1 aromatic rings. The Bertz CT molecular complexity index is 3160. The summed E-state index contributed by atoms with van der Waals surface area (Å²) in [6.45, 7) is -0.247. The molecule has 608 valence electrons. The van der Waals surface area contributed by atoms with E-state index in [1.54, 1.807) is 0 Å². The van der Waals surface area contributed by atoms with Crippen molar-refractivity contribution in [1.29, 1.82) is 0 Å². The Hall–Kier alpha value is -11.2. The highest BCUT2D eigenvalue weighted by Gasteiger charge is 2.36. The molecule has 0 fully saturated rings. The predicted molar refractivity (Wildman–Crippen MR) is 405 cm³/mol. The minimum atomic E-state index is -1.69. The van der Waals surface area contributed by atoms with E-state index in [9.17, 15) is 67.7 Å². The van der Waals surface area contributed by atoms with E-state index in [-0.39, 0.29) is 184 Å². The van der Waals surface area contributed by atoms with Crippen LogP contribution in [0.1, 0.15) is 140 Å². The fourth-order valence-electron chi connectivity index (χ4n) is 10.4. The molecule has 0 saturated carbocycles. The minimum absolute atomic E-state index is 0.00856. The number of phenols is 1. The molecule has 11 amide bonds. The van der Waals surface area contributed by atoms with Crippen LogP contribution in [0.25, 0.3) is 0 Å². The first kappa shape index (κ1) is 94.9. The second kappa shape index (κ2) is 54.4. The van der Waals surface area contributed by atoms with Gasteiger partial charge in [-0.25, -0.2) is 4.79 Å². The number of unbranched alkanes of at least 4 members (excludes halogenated alkanes) is 3. The Morgan fingerprint density at radius 3 is 0.880 bits per heavy atom. The summed E-state index contributed by atoms with van der Waals surface area (Å²) in [7, 11) is 0. The summed E-state index contributed by atoms with van der Waals surface area (Å²) >= 11 is 0. The number of carbonyl (C=O) groups excluding carboxylic acids is 11. The molecule has 1 aromatic carbocycles. The molecule has 0 aromatic heterocycles. The average molecular weight is 1530 g/mol. The van der Waals surface area contributed by atoms with Gasteiger partial charge in [0.15, 0.2) is 29.8 Å². The lowest BCUT2D eigenvalue weighted by molar-refractivity contribution is -0.141. The molecule has 44 heteroatoms. The minimum Gasteiger partial charge on any atom is -0.508 e. The monoisotopic (exact) mass is 1530 g/mol. The third kappa shape index (κ3) is 43.3. The maximum atomic E-state index is 14.8. The van der Waals surface area contributed by atoms with E-state index in [1.165, 1.54) is 24.3 Å². The van der Waals surface area contributed by atoms with E-state index >= 15 is 0 Å². The number of carbonyl (C=O) groups is 12. The fraction of sp³-hybridized carbons (Fsp3) is 0.641. The van der Waals surface area contributed by atoms with Gasteiger partial charge in [-0.2, -0.15) is 0 Å². The molecule has 0 bridgehead atoms. The Morgan fingerprint density at radius 2 is 0.602 bits per heavy atom. The SMILES string of the molecule is NCCCC[C@H](NC(=O)[C@H](CCCCN)NC(=O)[C@H](CCCN=C(N)N)NC(=O)[C@H](CCCN=C(N)N)NC(=O)[C@H](CCC(N)=O)NC(=O)[C@H](CCCN=C(N)N)NC(=O)[C@H](CCCN=C(N)N)NC(=O)[C@@H](N)CCCCN)C(=O)N[C@@H](CCCN=C(N)N)C(=O)NCC(=O)N[C@@H](Cc1ccc(O)cc1)C(=O)O. The van der Waals surface area contributed by atoms with E-state index in [1.807, 2.05) is 0 Å². The number of aromatic hydroxyl groups is 1. The first-order valence-corrected chi connectivity index (χ1v) is 35.6. The summed E-state index contributed by atoms with van der Waals surface area (Å²) in [6.07, 6.45) is 0.616. The van der Waals surface area contributed by atoms with Crippen LogP contribution in [0, 0.1) is 0 Å². The van der Waals surface area contributed by atoms with Gasteiger partial charge in [-0.3, -0.25) is 77.7 Å². The van der Waals surface area contributed by atoms with Crippen LogP contribution in [0.2, 0.25) is 0 Å². The summed E-state index contributed by atoms with van der Waals surface area (Å²) in [5.41, 5.74) is 85.0. The second-order valence-electron chi connectivity index (χ2n) is 25.2. The van der Waals surface area contributed by atoms with Crippen LogP contribution in [0.3, 0.4) is 0 Å². The summed E-state index contributed by atoms with van der Waals surface area (Å²) in [4.78, 5) is 187. The number of hydrogen-bond acceptors (Lipinski definition) is 22. The van der Waals surface area contributed by atoms with Crippen molar-refractivity contribution < 1.29 is 67.7 Å². The third-order valence-electron chi connectivity index (χ3n) is 16.1. The quantitative estimate of drug-likeness (QED) is 0.0164. The zero-order valence-electron chi connectivity index (χ0n) is 61.2. The average Bonchev–Trinajstić information content (AvgIpc) is 0.861. The maximum Gasteiger partial charge on any atom is 0.326 e. The number of rotatable bonds is 58. The molecule has 1 rings (SSSR count). The number of primary amides is 1. The molecule has 0 spiro atoms. The molecule has 42 N–H and O–H groups in total. The van der Waals surface area contributed by atoms with Crippen LogP contribution in [0.4, 0.5) is 0 Å². The van der Waals surface area contributed by atoms with Gasteiger partial charge in [0, 0.05) is 45.6 Å². The molecule has 0 heterocycles. The highest BCUT2D eigenvalue weighted by Crippen LogP contribution is 2.15. The highest BCUT2D eigenvalue weighted by molar-refractivity contribution is 5.99. The third-order valence-corrected chi connectivity index (χ3v) is 16.1. The molecule has 0 radical (unpaired) electrons. The van der Waals surface area contributed by atoms with Crippen molar-refractivity contribution in [3.05, 3.63) is 29.8 Å². The second-order valence-corrected chi connectivity index (χ2v) is 25.2. The number of hydrogen-bond donors (Lipinski definition) is 27. The van der Waals surface area contributed by atoms with Gasteiger partial charge in [-0.15, -0.1) is 0 Å². The van der Waals surface area contributed by atoms with E-state index in [2.05, 4.69) is 78.1 Å². The normalized spacial score (nSPS) is 13.6. The Labute approximate surface area is 626 Å². The van der Waals surface area contributed by atoms with Gasteiger partial charge in [0.25, 0.3) is 0 Å². The van der Waals surface area contributed by atoms with Crippen LogP contribution in [-0.4, -0.2) is 230 Å². The molecule has 0 aliphatic heterocycles. The van der Waals surface area contributed by atoms with Crippen molar-refractivity contribution in [2.45, 2.75) is 202 Å². The largest absolute Gasteiger partial charge is 0.508 e. The molecule has 108 heavy (non-hydrogen) atoms. The number of aliphatic imine (C=N–C) groups is 5. The predicted octanol–water partition coefficient (Wildman–Crippen LogP) is -10.3. The van der Waals surface area contributed by atoms with E-state index in [4.69, 9.17) is 86.0 Å². The molecule has 0 unspecified atom stereocenters. The van der Waals surface area contributed by atoms with Crippen LogP contribution in [0.5, 0.6) is 5.75 Å². The Kier molecular flexibility index (Phi) is 47.8. The first-order valence-electron chi connectivity index (χ1n) is 35.6. The molecular formula is C64H118N30O14. The van der Waals surface area contributed by atoms with Crippen molar-refractivity contribution in [3.8, 4) is 5.75 Å². The number of nitrogens with one attached hydrogen (secondary N) is 10. The maximum absolute atomic E-state index is 14.8. The number of benzene rings is 1. The smallest absolute Gasteiger partial charge is 0.326 e. The van der Waals surface area contributed by atoms with Crippen molar-refractivity contribution in [2.24, 2.45) is 111 Å². The molecule has 0 saturated heterocycles. The highest BCUT2D eigenvalue weighted by atomic mass is 16.4. The number of nitrogens with zero attached hydrogens (tertiary/aromatic N) is 5. The van der Waals surface area contributed by atoms with Crippen molar-refractivity contribution in [3.63, 3.8) is 0 Å². The number of nitrogens with two attached hydrogens (primary N) is 15. The van der Waals surface area contributed by atoms with E-state index in [0.717, 1.165) is 0 Å². The van der Waals surface area contributed by atoms with Crippen molar-refractivity contribution >= 4 is 101 Å². The lowest BCUT2D eigenvalue weighted by Gasteiger charge is -2.28. The molecule has 0 aliphatic rings. The summed E-state index contributed by atoms with van der Waals surface area (Å²) in [5.74, 6) is -13.0. The molecule has 10 atom stereocenters. The number of phenolic OH excluding ortho intramolecular Hbond substituents is 1. The van der Waals surface area contributed by atoms with E-state index in [0.29, 0.717) is 37.8 Å². The van der Waals surface area contributed by atoms with Gasteiger partial charge < -0.3 is 149 Å². The summed E-state index contributed by atoms with van der Waals surface area (Å²) < 4.78 is 0. The molecule has 0 aliphatic carbocycles. The number of carboxylic acid groups (broad SMARTS) is 1. The van der Waals surface area contributed by atoms with Gasteiger partial charge in [-0.05, 0) is 159 Å². The standard InChI is InChI=1S/C64H118N30O14/c65-26-4-1-12-38(68)50(98)87-42(16-8-30-81-61(72)73)54(102)91-45(19-11-33-84-64(78)79)57(105)94-46(24-25-48(69)96)58(106)93-44(18-10-32-83-63(76)77)56(104)92-43(17-9-31-82-62(74)75)55(103)90-41(14-3-6-28-67)53(101)89-40(13-2-5-27-66)52(100)88-39(15-7-29-80-60(70)71)51(99)85-35-49(97)86-47(59(107)108)34-36-20-22-37(95)23-21-36/h20-23,38-47,95H,1-19,24-35,65-68H2,(H2,69,96)(H,85,99)(H,86,97)(H,87,98)(H,88,100)(H,89,101)(H,90,103)(H,91,102)(H,92,104)(H,93,106)(H,94,105)(H,107,108)(H4,70,71,80)(H4,72,73,81)(H4,74,75,82)(H4,76,77,83)(H4,78,79,84)/t38-,39-,40-,41-,42-,43-,44-,45-,46-,47-/m0/s1. The lowest BCUT2D eigenvalue weighted by Crippen LogP contribution is -2.60. The Balaban J connectivity index is 3.87. The topological polar surface area (TPSA) is 818 Å². The van der Waals surface area contributed by atoms with Crippen LogP contribution < -0.4 is 139 Å². The van der Waals surface area contributed by atoms with E-state index < -0.39 is 151 Å². The van der Waals surface area contributed by atoms with Crippen molar-refractivity contribution in [2.75, 3.05) is 58.9 Å². The number of carboxylic acids is 1. The van der Waals surface area contributed by atoms with Crippen LogP contribution >= 0.6 is 0 Å². The number of amides is 11. The summed E-state index contributed by atoms with van der Waals surface area (Å²) in [6, 6.07) is -8.87. The zero-order valence-corrected chi connectivity index (χ0v) is 61.2. The summed E-state index contributed by atoms with van der Waals surface area (Å²) in [5, 5.41) is 45.2. The lowest BCUT2D eigenvalue weighted by atomic mass is 10.0. The first-order chi connectivity index (χ1) is 51.2. The number of aliphatic carboxylic acids is 1. The van der Waals surface area contributed by atoms with Gasteiger partial charge in [0.1, 0.15) is 60.1 Å². The molecular weight excluding hydrogens is 1410 g/mol. The number of guanidine groups is 5. The van der Waals surface area contributed by atoms with Crippen LogP contribution in [0.15, 0.2) is 49.2 Å². The molecule has 44 nitrogen and oxygen atoms in total. The fourth-order valence-corrected chi connectivity index (χ4v) is 10.4. The van der Waals surface area contributed by atoms with Gasteiger partial charge in [-0.1, -0.05) is 18.6 Å². The van der Waals surface area contributed by atoms with Crippen molar-refractivity contribution in [1.82, 2.24) is 53.2 Å². The van der Waals surface area contributed by atoms with Gasteiger partial charge >= 0.3 is 5.97 Å². The van der Waals surface area contributed by atoms with Gasteiger partial charge in [0.05, 0.1) is 12.6 Å². The Morgan fingerprint density at radius 1 is 0.333 bits per heavy atom. The van der Waals surface area contributed by atoms with Crippen LogP contribution in [-0.2, 0) is 64.0 Å². The van der Waals surface area contributed by atoms with Gasteiger partial charge in [0.2, 0.25) is 65.0 Å².